The number of halogens is 3. The molecule has 9 nitrogen and oxygen atoms in total. The molecule has 0 fully saturated rings. The Bertz CT molecular complexity index is 1700. The van der Waals surface area contributed by atoms with Crippen LogP contribution in [0.2, 0.25) is 5.04 Å². The topological polar surface area (TPSA) is 83.1 Å². The van der Waals surface area contributed by atoms with Gasteiger partial charge in [-0.25, -0.2) is 0 Å². The van der Waals surface area contributed by atoms with Gasteiger partial charge in [0, 0.05) is 0 Å². The fourth-order valence-electron chi connectivity index (χ4n) is 8.14. The molecule has 290 valence electrons. The van der Waals surface area contributed by atoms with Crippen LogP contribution in [0.4, 0.5) is 0 Å². The number of allylic oxidation sites excluding steroid dienone is 4. The first kappa shape index (κ1) is 48.2. The zero-order valence-electron chi connectivity index (χ0n) is 33.5. The number of hydrogen-bond donors (Lipinski definition) is 0. The van der Waals surface area contributed by atoms with E-state index < -0.39 is 13.1 Å². The molecule has 1 aliphatic carbocycles. The van der Waals surface area contributed by atoms with Gasteiger partial charge in [0.2, 0.25) is 0 Å². The van der Waals surface area contributed by atoms with Crippen LogP contribution < -0.4 is 95.4 Å². The van der Waals surface area contributed by atoms with Gasteiger partial charge in [0.15, 0.2) is 0 Å². The summed E-state index contributed by atoms with van der Waals surface area (Å²) in [6.45, 7) is 15.0. The summed E-state index contributed by atoms with van der Waals surface area (Å²) < 4.78 is 56.9. The number of ether oxygens (including phenoxy) is 9. The van der Waals surface area contributed by atoms with Crippen molar-refractivity contribution in [1.82, 2.24) is 0 Å². The normalized spacial score (nSPS) is 15.1. The summed E-state index contributed by atoms with van der Waals surface area (Å²) in [5.74, 6) is 4.90. The second-order valence-electron chi connectivity index (χ2n) is 12.6. The molecule has 3 aromatic rings. The van der Waals surface area contributed by atoms with Crippen molar-refractivity contribution in [1.29, 1.82) is 0 Å². The van der Waals surface area contributed by atoms with Crippen molar-refractivity contribution < 1.29 is 100 Å². The minimum Gasteiger partial charge on any atom is -1.00 e. The van der Waals surface area contributed by atoms with E-state index in [1.54, 1.807) is 64.0 Å². The van der Waals surface area contributed by atoms with Gasteiger partial charge in [-0.1, -0.05) is 0 Å². The van der Waals surface area contributed by atoms with Crippen molar-refractivity contribution in [3.05, 3.63) is 55.5 Å². The van der Waals surface area contributed by atoms with Crippen LogP contribution in [0.25, 0.3) is 0 Å². The third kappa shape index (κ3) is 6.86. The smallest absolute Gasteiger partial charge is 1.00 e. The zero-order valence-corrected chi connectivity index (χ0v) is 38.4. The van der Waals surface area contributed by atoms with Gasteiger partial charge in [-0.2, -0.15) is 0 Å². The molecular formula is C39H51Cl3O9SiTi. The molecule has 4 rings (SSSR count). The van der Waals surface area contributed by atoms with E-state index in [0.29, 0.717) is 51.7 Å². The van der Waals surface area contributed by atoms with E-state index in [1.807, 2.05) is 20.8 Å². The second-order valence-corrected chi connectivity index (χ2v) is 17.5. The Morgan fingerprint density at radius 3 is 0.849 bits per heavy atom. The molecule has 14 heteroatoms. The van der Waals surface area contributed by atoms with E-state index in [0.717, 1.165) is 32.3 Å². The van der Waals surface area contributed by atoms with Gasteiger partial charge >= 0.3 is 311 Å². The summed E-state index contributed by atoms with van der Waals surface area (Å²) in [4.78, 5) is 0. The van der Waals surface area contributed by atoms with Crippen LogP contribution in [0.5, 0.6) is 51.7 Å². The van der Waals surface area contributed by atoms with Crippen LogP contribution in [-0.4, -0.2) is 72.1 Å². The van der Waals surface area contributed by atoms with Crippen molar-refractivity contribution >= 4 is 23.6 Å². The van der Waals surface area contributed by atoms with E-state index in [2.05, 4.69) is 66.3 Å². The molecule has 1 aliphatic rings. The van der Waals surface area contributed by atoms with Crippen LogP contribution in [0.3, 0.4) is 0 Å². The zero-order chi connectivity index (χ0) is 37.5. The summed E-state index contributed by atoms with van der Waals surface area (Å²) in [5.41, 5.74) is 6.31. The van der Waals surface area contributed by atoms with Crippen LogP contribution in [-0.2, 0) is 20.4 Å². The first-order valence-corrected chi connectivity index (χ1v) is 19.0. The minimum atomic E-state index is -3.76. The van der Waals surface area contributed by atoms with Crippen molar-refractivity contribution in [2.45, 2.75) is 53.5 Å². The summed E-state index contributed by atoms with van der Waals surface area (Å²) >= 11 is 2.23. The van der Waals surface area contributed by atoms with E-state index in [4.69, 9.17) is 42.6 Å². The Labute approximate surface area is 346 Å². The van der Waals surface area contributed by atoms with Crippen LogP contribution >= 0.6 is 0 Å². The number of aryl methyl sites for hydroxylation is 3. The third-order valence-electron chi connectivity index (χ3n) is 10.7. The van der Waals surface area contributed by atoms with Gasteiger partial charge in [0.1, 0.15) is 0 Å². The monoisotopic (exact) mass is 844 g/mol. The third-order valence-corrected chi connectivity index (χ3v) is 18.1. The van der Waals surface area contributed by atoms with Gasteiger partial charge in [0.05, 0.1) is 0 Å². The van der Waals surface area contributed by atoms with E-state index in [9.17, 15) is 0 Å². The van der Waals surface area contributed by atoms with E-state index in [-0.39, 0.29) is 37.2 Å². The molecule has 0 amide bonds. The molecule has 0 N–H and O–H groups in total. The Morgan fingerprint density at radius 1 is 0.415 bits per heavy atom. The average molecular weight is 846 g/mol. The molecule has 1 atom stereocenters. The van der Waals surface area contributed by atoms with Crippen LogP contribution in [0, 0.1) is 20.8 Å². The molecule has 0 bridgehead atoms. The molecule has 0 saturated heterocycles. The maximum absolute atomic E-state index is 6.46. The van der Waals surface area contributed by atoms with Gasteiger partial charge in [-0.15, -0.1) is 0 Å². The molecule has 0 saturated carbocycles. The molecule has 0 aromatic heterocycles. The Hall–Kier alpha value is -2.86. The number of hydrogen-bond acceptors (Lipinski definition) is 9. The summed E-state index contributed by atoms with van der Waals surface area (Å²) in [7, 11) is 11.1. The summed E-state index contributed by atoms with van der Waals surface area (Å²) in [6, 6.07) is 6.54. The van der Waals surface area contributed by atoms with Crippen molar-refractivity contribution in [2.24, 2.45) is 0 Å². The second kappa shape index (κ2) is 18.7. The SMILES string of the molecule is COc1c(C)cc([Si](c2cc(C)c(OC)c(OC)c2OC)(c2cc(C)c(OC)c(OC)c2OC)C2(C)C(C)=C(C)C(C)=[C]2[Ti+3])c(OC)c1OC.[Cl-].[Cl-].[Cl-]. The predicted octanol–water partition coefficient (Wildman–Crippen LogP) is -2.90. The molecule has 0 spiro atoms. The summed E-state index contributed by atoms with van der Waals surface area (Å²) in [5, 5.41) is 2.12. The van der Waals surface area contributed by atoms with Crippen LogP contribution in [0.15, 0.2) is 38.8 Å². The van der Waals surface area contributed by atoms with E-state index in [1.165, 1.54) is 20.6 Å². The standard InChI is InChI=1S/C39H51O9Si.3ClH.Ti/c1-21-17-27(33(43-11)36(46-14)30(21)40-8)49(39(7)20-24(4)25(5)26(39)6,28-18-22(2)31(41-9)37(47-15)34(28)44-12)29-19-23(3)32(42-10)38(48-16)35(29)45-13;;;;/h17-19H,1-16H3;3*1H;/q;;;;+3/p-3. The average Bonchev–Trinajstić information content (AvgIpc) is 3.26. The molecule has 0 radical (unpaired) electrons. The van der Waals surface area contributed by atoms with E-state index >= 15 is 0 Å². The first-order valence-electron chi connectivity index (χ1n) is 16.2. The van der Waals surface area contributed by atoms with Gasteiger partial charge < -0.3 is 37.2 Å². The fourth-order valence-corrected chi connectivity index (χ4v) is 16.4. The largest absolute Gasteiger partial charge is 1.00 e. The number of benzene rings is 3. The first-order chi connectivity index (χ1) is 23.7. The molecular weight excluding hydrogens is 795 g/mol. The minimum absolute atomic E-state index is 0. The number of methoxy groups -OCH3 is 9. The Balaban J connectivity index is 0.00000468. The number of rotatable bonds is 13. The van der Waals surface area contributed by atoms with Crippen molar-refractivity contribution in [3.8, 4) is 51.7 Å². The quantitative estimate of drug-likeness (QED) is 0.133. The predicted molar refractivity (Wildman–Crippen MR) is 197 cm³/mol. The molecule has 0 heterocycles. The molecule has 1 unspecified atom stereocenters. The molecule has 3 aromatic carbocycles. The van der Waals surface area contributed by atoms with Gasteiger partial charge in [0.25, 0.3) is 0 Å². The maximum atomic E-state index is 6.46. The van der Waals surface area contributed by atoms with Gasteiger partial charge in [-0.3, -0.25) is 0 Å². The Morgan fingerprint density at radius 2 is 0.660 bits per heavy atom. The summed E-state index contributed by atoms with van der Waals surface area (Å²) in [6.07, 6.45) is 0. The van der Waals surface area contributed by atoms with Gasteiger partial charge in [-0.05, 0) is 0 Å². The molecule has 53 heavy (non-hydrogen) atoms. The van der Waals surface area contributed by atoms with Crippen LogP contribution in [0.1, 0.15) is 44.4 Å². The molecule has 0 aliphatic heterocycles. The maximum Gasteiger partial charge on any atom is -1.00 e. The Kier molecular flexibility index (Phi) is 16.9. The van der Waals surface area contributed by atoms with Crippen molar-refractivity contribution in [3.63, 3.8) is 0 Å². The fraction of sp³-hybridized carbons (Fsp3) is 0.436. The van der Waals surface area contributed by atoms with Crippen molar-refractivity contribution in [2.75, 3.05) is 64.0 Å².